The van der Waals surface area contributed by atoms with E-state index in [9.17, 15) is 13.6 Å². The van der Waals surface area contributed by atoms with Gasteiger partial charge in [-0.05, 0) is 49.2 Å². The summed E-state index contributed by atoms with van der Waals surface area (Å²) in [5, 5.41) is 9.46. The largest absolute Gasteiger partial charge is 0.438 e. The summed E-state index contributed by atoms with van der Waals surface area (Å²) in [6.07, 6.45) is 0.167. The van der Waals surface area contributed by atoms with Gasteiger partial charge in [0.05, 0.1) is 0 Å². The molecule has 3 rings (SSSR count). The number of rotatable bonds is 6. The second-order valence-corrected chi connectivity index (χ2v) is 5.78. The Labute approximate surface area is 149 Å². The Bertz CT molecular complexity index is 907. The number of H-pyrrole nitrogens is 1. The third-order valence-electron chi connectivity index (χ3n) is 3.70. The highest BCUT2D eigenvalue weighted by Crippen LogP contribution is 2.22. The Morgan fingerprint density at radius 3 is 2.65 bits per heavy atom. The van der Waals surface area contributed by atoms with Crippen LogP contribution in [0.3, 0.4) is 0 Å². The predicted molar refractivity (Wildman–Crippen MR) is 93.1 cm³/mol. The maximum absolute atomic E-state index is 13.6. The molecule has 1 aromatic heterocycles. The quantitative estimate of drug-likeness (QED) is 0.689. The van der Waals surface area contributed by atoms with Gasteiger partial charge in [0.1, 0.15) is 5.75 Å². The number of ether oxygens (including phenoxy) is 1. The van der Waals surface area contributed by atoms with Gasteiger partial charge < -0.3 is 10.1 Å². The van der Waals surface area contributed by atoms with Crippen molar-refractivity contribution in [2.24, 2.45) is 0 Å². The normalized spacial score (nSPS) is 10.6. The van der Waals surface area contributed by atoms with Crippen molar-refractivity contribution in [1.29, 1.82) is 0 Å². The van der Waals surface area contributed by atoms with Gasteiger partial charge in [0, 0.05) is 23.9 Å². The first-order valence-corrected chi connectivity index (χ1v) is 8.04. The molecule has 5 nitrogen and oxygen atoms in total. The first-order chi connectivity index (χ1) is 12.5. The number of carbonyl (C=O) groups excluding carboxylic acids is 1. The van der Waals surface area contributed by atoms with Gasteiger partial charge in [0.15, 0.2) is 11.6 Å². The molecular formula is C19H17F2N3O2. The number of benzene rings is 2. The zero-order chi connectivity index (χ0) is 18.5. The standard InChI is InChI=1S/C19H17F2N3O2/c1-12-11-18(24-23-12)26-15-8-6-14(7-9-15)22-17(25)10-5-13-3-2-4-16(20)19(13)21/h2-4,6-9,11H,5,10H2,1H3,(H,22,25)(H,23,24). The van der Waals surface area contributed by atoms with E-state index in [1.54, 1.807) is 30.3 Å². The fourth-order valence-electron chi connectivity index (χ4n) is 2.39. The maximum Gasteiger partial charge on any atom is 0.238 e. The molecule has 0 atom stereocenters. The van der Waals surface area contributed by atoms with E-state index in [4.69, 9.17) is 4.74 Å². The van der Waals surface area contributed by atoms with E-state index in [0.29, 0.717) is 17.3 Å². The number of aromatic nitrogens is 2. The van der Waals surface area contributed by atoms with Crippen molar-refractivity contribution in [3.8, 4) is 11.6 Å². The van der Waals surface area contributed by atoms with Crippen LogP contribution >= 0.6 is 0 Å². The Morgan fingerprint density at radius 1 is 1.19 bits per heavy atom. The molecule has 2 aromatic carbocycles. The SMILES string of the molecule is Cc1cc(Oc2ccc(NC(=O)CCc3cccc(F)c3F)cc2)n[nH]1. The Kier molecular flexibility index (Phi) is 5.26. The molecule has 1 heterocycles. The second-order valence-electron chi connectivity index (χ2n) is 5.78. The van der Waals surface area contributed by atoms with Crippen LogP contribution in [0.5, 0.6) is 11.6 Å². The summed E-state index contributed by atoms with van der Waals surface area (Å²) in [7, 11) is 0. The van der Waals surface area contributed by atoms with E-state index in [0.717, 1.165) is 11.8 Å². The number of nitrogens with one attached hydrogen (secondary N) is 2. The van der Waals surface area contributed by atoms with Gasteiger partial charge in [-0.3, -0.25) is 9.89 Å². The number of halogens is 2. The summed E-state index contributed by atoms with van der Waals surface area (Å²) >= 11 is 0. The first kappa shape index (κ1) is 17.6. The topological polar surface area (TPSA) is 67.0 Å². The molecule has 0 aliphatic rings. The second kappa shape index (κ2) is 7.77. The molecule has 0 fully saturated rings. The average Bonchev–Trinajstić information content (AvgIpc) is 3.03. The molecule has 0 unspecified atom stereocenters. The molecule has 0 aliphatic carbocycles. The number of nitrogens with zero attached hydrogens (tertiary/aromatic N) is 1. The number of aromatic amines is 1. The summed E-state index contributed by atoms with van der Waals surface area (Å²) in [4.78, 5) is 12.0. The highest BCUT2D eigenvalue weighted by atomic mass is 19.2. The number of anilines is 1. The Hall–Kier alpha value is -3.22. The zero-order valence-corrected chi connectivity index (χ0v) is 14.1. The van der Waals surface area contributed by atoms with Gasteiger partial charge in [0.25, 0.3) is 0 Å². The van der Waals surface area contributed by atoms with Gasteiger partial charge in [-0.2, -0.15) is 0 Å². The fraction of sp³-hybridized carbons (Fsp3) is 0.158. The van der Waals surface area contributed by atoms with E-state index >= 15 is 0 Å². The summed E-state index contributed by atoms with van der Waals surface area (Å²) in [5.74, 6) is -1.07. The molecule has 26 heavy (non-hydrogen) atoms. The van der Waals surface area contributed by atoms with Crippen molar-refractivity contribution in [3.05, 3.63) is 71.4 Å². The van der Waals surface area contributed by atoms with E-state index in [2.05, 4.69) is 15.5 Å². The van der Waals surface area contributed by atoms with Crippen LogP contribution < -0.4 is 10.1 Å². The molecule has 7 heteroatoms. The molecular weight excluding hydrogens is 340 g/mol. The number of hydrogen-bond donors (Lipinski definition) is 2. The minimum Gasteiger partial charge on any atom is -0.438 e. The minimum absolute atomic E-state index is 0.0468. The highest BCUT2D eigenvalue weighted by molar-refractivity contribution is 5.90. The van der Waals surface area contributed by atoms with Crippen molar-refractivity contribution < 1.29 is 18.3 Å². The Balaban J connectivity index is 1.53. The van der Waals surface area contributed by atoms with Crippen LogP contribution in [0.1, 0.15) is 17.7 Å². The number of carbonyl (C=O) groups is 1. The third-order valence-corrected chi connectivity index (χ3v) is 3.70. The number of aryl methyl sites for hydroxylation is 2. The lowest BCUT2D eigenvalue weighted by Crippen LogP contribution is -2.12. The average molecular weight is 357 g/mol. The molecule has 1 amide bonds. The molecule has 3 aromatic rings. The molecule has 0 aliphatic heterocycles. The van der Waals surface area contributed by atoms with Gasteiger partial charge in [-0.15, -0.1) is 5.10 Å². The van der Waals surface area contributed by atoms with Crippen molar-refractivity contribution in [1.82, 2.24) is 10.2 Å². The van der Waals surface area contributed by atoms with Gasteiger partial charge >= 0.3 is 0 Å². The highest BCUT2D eigenvalue weighted by Gasteiger charge is 2.10. The molecule has 0 bridgehead atoms. The predicted octanol–water partition coefficient (Wildman–Crippen LogP) is 4.36. The van der Waals surface area contributed by atoms with E-state index in [1.807, 2.05) is 6.92 Å². The van der Waals surface area contributed by atoms with Crippen LogP contribution in [0.2, 0.25) is 0 Å². The van der Waals surface area contributed by atoms with Crippen LogP contribution in [-0.2, 0) is 11.2 Å². The molecule has 0 saturated heterocycles. The van der Waals surface area contributed by atoms with Crippen molar-refractivity contribution in [2.75, 3.05) is 5.32 Å². The molecule has 0 spiro atoms. The number of amides is 1. The Morgan fingerprint density at radius 2 is 1.96 bits per heavy atom. The van der Waals surface area contributed by atoms with Gasteiger partial charge in [0.2, 0.25) is 11.8 Å². The number of hydrogen-bond acceptors (Lipinski definition) is 3. The molecule has 2 N–H and O–H groups in total. The monoisotopic (exact) mass is 357 g/mol. The van der Waals surface area contributed by atoms with Gasteiger partial charge in [-0.1, -0.05) is 12.1 Å². The zero-order valence-electron chi connectivity index (χ0n) is 14.1. The van der Waals surface area contributed by atoms with Crippen LogP contribution in [-0.4, -0.2) is 16.1 Å². The van der Waals surface area contributed by atoms with Crippen LogP contribution in [0.25, 0.3) is 0 Å². The lowest BCUT2D eigenvalue weighted by Gasteiger charge is -2.07. The van der Waals surface area contributed by atoms with E-state index < -0.39 is 11.6 Å². The third kappa shape index (κ3) is 4.44. The van der Waals surface area contributed by atoms with E-state index in [-0.39, 0.29) is 24.3 Å². The van der Waals surface area contributed by atoms with Crippen LogP contribution in [0, 0.1) is 18.6 Å². The molecule has 0 radical (unpaired) electrons. The summed E-state index contributed by atoms with van der Waals surface area (Å²) in [6, 6.07) is 12.5. The minimum atomic E-state index is -0.911. The lowest BCUT2D eigenvalue weighted by molar-refractivity contribution is -0.116. The van der Waals surface area contributed by atoms with Crippen LogP contribution in [0.4, 0.5) is 14.5 Å². The summed E-state index contributed by atoms with van der Waals surface area (Å²) < 4.78 is 32.3. The van der Waals surface area contributed by atoms with Crippen molar-refractivity contribution >= 4 is 11.6 Å². The maximum atomic E-state index is 13.6. The van der Waals surface area contributed by atoms with Crippen molar-refractivity contribution in [2.45, 2.75) is 19.8 Å². The van der Waals surface area contributed by atoms with Gasteiger partial charge in [-0.25, -0.2) is 8.78 Å². The van der Waals surface area contributed by atoms with E-state index in [1.165, 1.54) is 12.1 Å². The van der Waals surface area contributed by atoms with Crippen molar-refractivity contribution in [3.63, 3.8) is 0 Å². The lowest BCUT2D eigenvalue weighted by atomic mass is 10.1. The van der Waals surface area contributed by atoms with Crippen LogP contribution in [0.15, 0.2) is 48.5 Å². The smallest absolute Gasteiger partial charge is 0.238 e. The summed E-state index contributed by atoms with van der Waals surface area (Å²) in [5.41, 5.74) is 1.65. The molecule has 134 valence electrons. The summed E-state index contributed by atoms with van der Waals surface area (Å²) in [6.45, 7) is 1.87. The first-order valence-electron chi connectivity index (χ1n) is 8.04. The molecule has 0 saturated carbocycles. The fourth-order valence-corrected chi connectivity index (χ4v) is 2.39.